The smallest absolute Gasteiger partial charge is 0.230 e. The van der Waals surface area contributed by atoms with Gasteiger partial charge >= 0.3 is 0 Å². The number of rotatable bonds is 4. The Labute approximate surface area is 399 Å². The molecule has 15 aromatic rings. The maximum Gasteiger partial charge on any atom is 0.230 e. The van der Waals surface area contributed by atoms with Gasteiger partial charge in [0.25, 0.3) is 0 Å². The van der Waals surface area contributed by atoms with Crippen molar-refractivity contribution in [1.29, 1.82) is 5.26 Å². The number of nitriles is 1. The Bertz CT molecular complexity index is 4560. The van der Waals surface area contributed by atoms with E-state index in [2.05, 4.69) is 178 Å². The highest BCUT2D eigenvalue weighted by atomic mass is 16.3. The second-order valence-corrected chi connectivity index (χ2v) is 18.2. The summed E-state index contributed by atoms with van der Waals surface area (Å²) in [6, 6.07) is 74.4. The van der Waals surface area contributed by atoms with Crippen molar-refractivity contribution in [2.45, 2.75) is 0 Å². The van der Waals surface area contributed by atoms with Crippen LogP contribution in [0.4, 0.5) is 5.69 Å². The summed E-state index contributed by atoms with van der Waals surface area (Å²) in [5.74, 6) is 0. The molecule has 11 aromatic carbocycles. The molecule has 0 atom stereocenters. The molecule has 4 aromatic heterocycles. The number of hydrogen-bond acceptors (Lipinski definition) is 3. The Balaban J connectivity index is 0.944. The van der Waals surface area contributed by atoms with Crippen LogP contribution < -0.4 is 0 Å². The third kappa shape index (κ3) is 5.30. The number of nitrogens with zero attached hydrogens (tertiary/aromatic N) is 4. The summed E-state index contributed by atoms with van der Waals surface area (Å²) in [6.07, 6.45) is 0. The maximum absolute atomic E-state index is 11.3. The average molecular weight is 891 g/mol. The molecule has 4 heterocycles. The van der Waals surface area contributed by atoms with Crippen molar-refractivity contribution in [3.05, 3.63) is 223 Å². The average Bonchev–Trinajstić information content (AvgIpc) is 4.17. The summed E-state index contributed by atoms with van der Waals surface area (Å²) in [7, 11) is 0. The Morgan fingerprint density at radius 3 is 1.30 bits per heavy atom. The predicted molar refractivity (Wildman–Crippen MR) is 287 cm³/mol. The van der Waals surface area contributed by atoms with Crippen LogP contribution in [0.25, 0.3) is 148 Å². The highest BCUT2D eigenvalue weighted by Gasteiger charge is 2.25. The van der Waals surface area contributed by atoms with Crippen LogP contribution in [0, 0.1) is 17.9 Å². The molecule has 0 amide bonds. The van der Waals surface area contributed by atoms with Crippen molar-refractivity contribution in [2.24, 2.45) is 0 Å². The number of benzene rings is 11. The van der Waals surface area contributed by atoms with Crippen LogP contribution in [0.2, 0.25) is 0 Å². The highest BCUT2D eigenvalue weighted by molar-refractivity contribution is 6.24. The summed E-state index contributed by atoms with van der Waals surface area (Å²) in [6.45, 7) is 8.84. The summed E-state index contributed by atoms with van der Waals surface area (Å²) >= 11 is 0. The monoisotopic (exact) mass is 890 g/mol. The van der Waals surface area contributed by atoms with Crippen molar-refractivity contribution in [3.8, 4) is 39.7 Å². The molecule has 70 heavy (non-hydrogen) atoms. The van der Waals surface area contributed by atoms with Gasteiger partial charge in [0.05, 0.1) is 51.6 Å². The van der Waals surface area contributed by atoms with Crippen molar-refractivity contribution in [3.63, 3.8) is 0 Å². The molecule has 0 N–H and O–H groups in total. The number of furan rings is 2. The fraction of sp³-hybridized carbons (Fsp3) is 0. The molecule has 0 aliphatic rings. The number of aromatic nitrogens is 2. The first-order valence-electron chi connectivity index (χ1n) is 23.3. The van der Waals surface area contributed by atoms with Crippen LogP contribution >= 0.6 is 0 Å². The van der Waals surface area contributed by atoms with E-state index in [1.165, 1.54) is 0 Å². The first kappa shape index (κ1) is 38.2. The van der Waals surface area contributed by atoms with Crippen molar-refractivity contribution < 1.29 is 8.83 Å². The second-order valence-electron chi connectivity index (χ2n) is 18.2. The Hall–Kier alpha value is -9.88. The lowest BCUT2D eigenvalue weighted by molar-refractivity contribution is 0.668. The first-order valence-corrected chi connectivity index (χ1v) is 23.3. The number of para-hydroxylation sites is 2. The van der Waals surface area contributed by atoms with Crippen molar-refractivity contribution in [2.75, 3.05) is 0 Å². The molecule has 6 nitrogen and oxygen atoms in total. The molecule has 322 valence electrons. The Morgan fingerprint density at radius 1 is 0.371 bits per heavy atom. The molecule has 0 saturated heterocycles. The van der Waals surface area contributed by atoms with E-state index in [1.807, 2.05) is 48.5 Å². The molecule has 0 aliphatic carbocycles. The van der Waals surface area contributed by atoms with Crippen LogP contribution in [-0.4, -0.2) is 9.13 Å². The highest BCUT2D eigenvalue weighted by Crippen LogP contribution is 2.46. The molecule has 6 heteroatoms. The molecular weight excluding hydrogens is 857 g/mol. The minimum absolute atomic E-state index is 0.290. The zero-order chi connectivity index (χ0) is 46.2. The van der Waals surface area contributed by atoms with E-state index in [9.17, 15) is 5.26 Å². The van der Waals surface area contributed by atoms with Gasteiger partial charge in [0.1, 0.15) is 22.3 Å². The fourth-order valence-corrected chi connectivity index (χ4v) is 11.4. The molecule has 0 spiro atoms. The SMILES string of the molecule is [C-]#[N+]c1c(-n2c3ccc(-c4ccc5c(c4)oc4ccccc45)cc3c3c4ccccc4ccc32)ccc(-n2c3ccc(-c4ccc5c(c4)oc4ccccc45)cc3c3c4ccccc4ccc32)c1C#N. The van der Waals surface area contributed by atoms with Gasteiger partial charge in [-0.3, -0.25) is 0 Å². The molecule has 0 aliphatic heterocycles. The van der Waals surface area contributed by atoms with Gasteiger partial charge in [0.2, 0.25) is 5.69 Å². The number of fused-ring (bicyclic) bond motifs is 16. The predicted octanol–water partition coefficient (Wildman–Crippen LogP) is 17.7. The maximum atomic E-state index is 11.3. The summed E-state index contributed by atoms with van der Waals surface area (Å²) in [5, 5.41) is 24.4. The summed E-state index contributed by atoms with van der Waals surface area (Å²) < 4.78 is 17.0. The van der Waals surface area contributed by atoms with Crippen LogP contribution in [0.15, 0.2) is 215 Å². The van der Waals surface area contributed by atoms with E-state index in [1.54, 1.807) is 0 Å². The van der Waals surface area contributed by atoms with Crippen molar-refractivity contribution in [1.82, 2.24) is 9.13 Å². The lowest BCUT2D eigenvalue weighted by Crippen LogP contribution is -2.02. The molecule has 0 unspecified atom stereocenters. The second kappa shape index (κ2) is 14.3. The van der Waals surface area contributed by atoms with Crippen LogP contribution in [0.1, 0.15) is 5.56 Å². The van der Waals surface area contributed by atoms with Gasteiger partial charge in [-0.2, -0.15) is 5.26 Å². The third-order valence-corrected chi connectivity index (χ3v) is 14.6. The molecule has 15 rings (SSSR count). The van der Waals surface area contributed by atoms with E-state index in [-0.39, 0.29) is 5.69 Å². The molecule has 0 bridgehead atoms. The van der Waals surface area contributed by atoms with E-state index in [0.717, 1.165) is 131 Å². The van der Waals surface area contributed by atoms with E-state index < -0.39 is 0 Å². The Morgan fingerprint density at radius 2 is 0.786 bits per heavy atom. The Kier molecular flexibility index (Phi) is 7.82. The van der Waals surface area contributed by atoms with Gasteiger partial charge in [0.15, 0.2) is 0 Å². The third-order valence-electron chi connectivity index (χ3n) is 14.6. The van der Waals surface area contributed by atoms with Crippen LogP contribution in [-0.2, 0) is 0 Å². The zero-order valence-electron chi connectivity index (χ0n) is 37.2. The molecule has 0 radical (unpaired) electrons. The fourth-order valence-electron chi connectivity index (χ4n) is 11.4. The summed E-state index contributed by atoms with van der Waals surface area (Å²) in [4.78, 5) is 4.23. The van der Waals surface area contributed by atoms with E-state index in [4.69, 9.17) is 15.4 Å². The largest absolute Gasteiger partial charge is 0.456 e. The molecule has 0 saturated carbocycles. The number of hydrogen-bond donors (Lipinski definition) is 0. The normalized spacial score (nSPS) is 12.0. The topological polar surface area (TPSA) is 64.3 Å². The van der Waals surface area contributed by atoms with Crippen LogP contribution in [0.5, 0.6) is 0 Å². The van der Waals surface area contributed by atoms with Gasteiger partial charge < -0.3 is 18.0 Å². The van der Waals surface area contributed by atoms with Gasteiger partial charge in [-0.15, -0.1) is 0 Å². The van der Waals surface area contributed by atoms with Gasteiger partial charge in [0, 0.05) is 43.1 Å². The van der Waals surface area contributed by atoms with Crippen molar-refractivity contribution >= 4 is 115 Å². The minimum Gasteiger partial charge on any atom is -0.456 e. The molecular formula is C64H34N4O2. The lowest BCUT2D eigenvalue weighted by atomic mass is 9.99. The van der Waals surface area contributed by atoms with E-state index >= 15 is 0 Å². The quantitative estimate of drug-likeness (QED) is 0.165. The zero-order valence-corrected chi connectivity index (χ0v) is 37.2. The van der Waals surface area contributed by atoms with E-state index in [0.29, 0.717) is 16.9 Å². The van der Waals surface area contributed by atoms with Gasteiger partial charge in [-0.1, -0.05) is 121 Å². The summed E-state index contributed by atoms with van der Waals surface area (Å²) in [5.41, 5.74) is 13.3. The first-order chi connectivity index (χ1) is 34.6. The van der Waals surface area contributed by atoms with Crippen LogP contribution in [0.3, 0.4) is 0 Å². The minimum atomic E-state index is 0.290. The van der Waals surface area contributed by atoms with Gasteiger partial charge in [-0.25, -0.2) is 4.85 Å². The lowest BCUT2D eigenvalue weighted by Gasteiger charge is -2.16. The van der Waals surface area contributed by atoms with Gasteiger partial charge in [-0.05, 0) is 129 Å². The molecule has 0 fully saturated rings. The standard InChI is InChI=1S/C64H34N4O2/c1-66-64-51(36-65)54(67-52-26-22-39(32-49(52)62-43-12-4-2-10-37(43)20-28-55(62)67)41-18-24-47-45-14-6-8-16-58(45)69-60(47)34-41)30-31-57(64)68-53-27-23-40(33-50(53)63-44-13-5-3-11-38(44)21-29-56(63)68)42-19-25-48-46-15-7-9-17-59(46)70-61(48)35-42/h2-35H.